The van der Waals surface area contributed by atoms with Gasteiger partial charge in [0.05, 0.1) is 6.10 Å². The molecule has 0 bridgehead atoms. The number of aliphatic hydroxyl groups is 2. The Kier molecular flexibility index (Phi) is 3.75. The van der Waals surface area contributed by atoms with Crippen molar-refractivity contribution >= 4 is 23.3 Å². The van der Waals surface area contributed by atoms with Crippen LogP contribution in [0.15, 0.2) is 43.0 Å². The van der Waals surface area contributed by atoms with E-state index in [4.69, 9.17) is 5.73 Å². The van der Waals surface area contributed by atoms with Gasteiger partial charge in [-0.15, -0.1) is 11.8 Å². The molecule has 1 fully saturated rings. The molecule has 2 unspecified atom stereocenters. The zero-order valence-corrected chi connectivity index (χ0v) is 14.0. The molecule has 3 heterocycles. The third kappa shape index (κ3) is 2.41. The maximum Gasteiger partial charge on any atom is 0.249 e. The lowest BCUT2D eigenvalue weighted by Gasteiger charge is -2.30. The fourth-order valence-corrected chi connectivity index (χ4v) is 4.57. The van der Waals surface area contributed by atoms with Gasteiger partial charge in [0.1, 0.15) is 5.69 Å². The highest BCUT2D eigenvalue weighted by molar-refractivity contribution is 8.00. The van der Waals surface area contributed by atoms with Gasteiger partial charge in [0.25, 0.3) is 0 Å². The van der Waals surface area contributed by atoms with Crippen LogP contribution >= 0.6 is 11.8 Å². The number of benzene rings is 1. The molecule has 1 aliphatic rings. The number of aromatic nitrogens is 3. The first kappa shape index (κ1) is 16.1. The molecule has 2 atom stereocenters. The number of carbonyl (C=O) groups is 1. The number of amides is 1. The second-order valence-corrected chi connectivity index (χ2v) is 7.20. The highest BCUT2D eigenvalue weighted by Crippen LogP contribution is 2.49. The predicted octanol–water partition coefficient (Wildman–Crippen LogP) is 1.14. The molecule has 0 spiro atoms. The van der Waals surface area contributed by atoms with E-state index in [9.17, 15) is 15.0 Å². The van der Waals surface area contributed by atoms with E-state index in [1.165, 1.54) is 11.8 Å². The van der Waals surface area contributed by atoms with Gasteiger partial charge in [0, 0.05) is 41.5 Å². The number of thioether (sulfide) groups is 1. The summed E-state index contributed by atoms with van der Waals surface area (Å²) in [5.41, 5.74) is 7.64. The van der Waals surface area contributed by atoms with Gasteiger partial charge in [-0.25, -0.2) is 4.98 Å². The second kappa shape index (κ2) is 5.83. The van der Waals surface area contributed by atoms with Crippen LogP contribution in [0.5, 0.6) is 0 Å². The minimum Gasteiger partial charge on any atom is -0.389 e. The number of rotatable bonds is 3. The number of nitrogens with two attached hydrogens (primary N) is 1. The van der Waals surface area contributed by atoms with Crippen LogP contribution < -0.4 is 5.73 Å². The normalized spacial score (nSPS) is 23.2. The lowest BCUT2D eigenvalue weighted by molar-refractivity contribution is -0.00212. The van der Waals surface area contributed by atoms with Gasteiger partial charge in [-0.05, 0) is 18.2 Å². The Bertz CT molecular complexity index is 973. The number of hydrogen-bond acceptors (Lipinski definition) is 6. The second-order valence-electron chi connectivity index (χ2n) is 5.88. The Hall–Kier alpha value is -2.42. The van der Waals surface area contributed by atoms with Crippen LogP contribution in [0.3, 0.4) is 0 Å². The van der Waals surface area contributed by atoms with E-state index in [-0.39, 0.29) is 5.56 Å². The van der Waals surface area contributed by atoms with E-state index in [0.717, 1.165) is 0 Å². The molecule has 1 saturated heterocycles. The molecular formula is C17H16N4O3S. The molecule has 4 N–H and O–H groups in total. The van der Waals surface area contributed by atoms with E-state index >= 15 is 0 Å². The number of carbonyl (C=O) groups excluding carboxylic acids is 1. The van der Waals surface area contributed by atoms with Crippen molar-refractivity contribution in [2.24, 2.45) is 5.73 Å². The van der Waals surface area contributed by atoms with Gasteiger partial charge in [-0.1, -0.05) is 12.1 Å². The van der Waals surface area contributed by atoms with Crippen molar-refractivity contribution in [3.05, 3.63) is 54.1 Å². The predicted molar refractivity (Wildman–Crippen MR) is 93.9 cm³/mol. The van der Waals surface area contributed by atoms with E-state index in [0.29, 0.717) is 34.6 Å². The van der Waals surface area contributed by atoms with Crippen molar-refractivity contribution < 1.29 is 15.0 Å². The zero-order chi connectivity index (χ0) is 17.6. The van der Waals surface area contributed by atoms with Gasteiger partial charge in [-0.3, -0.25) is 9.78 Å². The molecule has 128 valence electrons. The van der Waals surface area contributed by atoms with Crippen molar-refractivity contribution in [3.8, 4) is 11.3 Å². The fourth-order valence-electron chi connectivity index (χ4n) is 3.24. The topological polar surface area (TPSA) is 114 Å². The molecule has 0 aliphatic carbocycles. The summed E-state index contributed by atoms with van der Waals surface area (Å²) in [5.74, 6) is -0.0918. The maximum absolute atomic E-state index is 12.0. The number of hydrogen-bond donors (Lipinski definition) is 3. The fraction of sp³-hybridized carbons (Fsp3) is 0.235. The molecule has 1 aromatic carbocycles. The van der Waals surface area contributed by atoms with E-state index in [2.05, 4.69) is 9.97 Å². The maximum atomic E-state index is 12.0. The molecule has 1 amide bonds. The van der Waals surface area contributed by atoms with Crippen LogP contribution in [-0.4, -0.2) is 42.3 Å². The Morgan fingerprint density at radius 2 is 2.08 bits per heavy atom. The Labute approximate surface area is 147 Å². The summed E-state index contributed by atoms with van der Waals surface area (Å²) in [7, 11) is 0. The monoisotopic (exact) mass is 356 g/mol. The Morgan fingerprint density at radius 1 is 1.32 bits per heavy atom. The van der Waals surface area contributed by atoms with Crippen LogP contribution in [-0.2, 0) is 4.93 Å². The third-order valence-electron chi connectivity index (χ3n) is 4.42. The molecule has 4 rings (SSSR count). The summed E-state index contributed by atoms with van der Waals surface area (Å²) < 4.78 is 1.80. The average Bonchev–Trinajstić information content (AvgIpc) is 3.21. The Morgan fingerprint density at radius 3 is 2.76 bits per heavy atom. The number of primary amides is 1. The van der Waals surface area contributed by atoms with Crippen molar-refractivity contribution in [1.82, 2.24) is 14.4 Å². The lowest BCUT2D eigenvalue weighted by Crippen LogP contribution is -2.35. The molecule has 0 radical (unpaired) electrons. The smallest absolute Gasteiger partial charge is 0.249 e. The van der Waals surface area contributed by atoms with Gasteiger partial charge < -0.3 is 20.3 Å². The molecule has 2 aromatic heterocycles. The largest absolute Gasteiger partial charge is 0.389 e. The third-order valence-corrected chi connectivity index (χ3v) is 5.78. The van der Waals surface area contributed by atoms with Crippen molar-refractivity contribution in [1.29, 1.82) is 0 Å². The number of nitrogens with zero attached hydrogens (tertiary/aromatic N) is 3. The van der Waals surface area contributed by atoms with E-state index in [1.807, 2.05) is 0 Å². The Balaban J connectivity index is 2.05. The summed E-state index contributed by atoms with van der Waals surface area (Å²) in [6.07, 6.45) is 6.23. The number of imidazole rings is 1. The summed E-state index contributed by atoms with van der Waals surface area (Å²) in [5, 5.41) is 21.6. The molecule has 3 aromatic rings. The van der Waals surface area contributed by atoms with Crippen molar-refractivity contribution in [2.75, 3.05) is 5.75 Å². The highest BCUT2D eigenvalue weighted by atomic mass is 32.2. The van der Waals surface area contributed by atoms with Crippen LogP contribution in [0.25, 0.3) is 16.9 Å². The first-order valence-corrected chi connectivity index (χ1v) is 8.76. The van der Waals surface area contributed by atoms with E-state index < -0.39 is 16.9 Å². The molecule has 1 aliphatic heterocycles. The molecule has 0 saturated carbocycles. The van der Waals surface area contributed by atoms with Gasteiger partial charge in [0.2, 0.25) is 5.91 Å². The lowest BCUT2D eigenvalue weighted by atomic mass is 9.90. The number of fused-ring (bicyclic) bond motifs is 1. The minimum atomic E-state index is -1.62. The molecule has 7 nitrogen and oxygen atoms in total. The highest BCUT2D eigenvalue weighted by Gasteiger charge is 2.46. The van der Waals surface area contributed by atoms with Crippen LogP contribution in [0, 0.1) is 0 Å². The number of aliphatic hydroxyl groups excluding tert-OH is 1. The quantitative estimate of drug-likeness (QED) is 0.648. The van der Waals surface area contributed by atoms with Crippen LogP contribution in [0.1, 0.15) is 22.3 Å². The standard InChI is InChI=1S/C17H16N4O3S/c18-15(23)11-3-1-2-10(13(11)17(24)12(22)4-9-25-17)14-16-20-6-8-21(16)7-5-19-14/h1-3,5-8,12,22,24H,4,9H2,(H2,18,23). The average molecular weight is 356 g/mol. The van der Waals surface area contributed by atoms with Crippen LogP contribution in [0.4, 0.5) is 0 Å². The summed E-state index contributed by atoms with van der Waals surface area (Å²) in [6.45, 7) is 0. The molecule has 25 heavy (non-hydrogen) atoms. The first-order valence-electron chi connectivity index (χ1n) is 7.78. The minimum absolute atomic E-state index is 0.170. The van der Waals surface area contributed by atoms with Gasteiger partial charge >= 0.3 is 0 Å². The van der Waals surface area contributed by atoms with Crippen molar-refractivity contribution in [3.63, 3.8) is 0 Å². The van der Waals surface area contributed by atoms with Crippen molar-refractivity contribution in [2.45, 2.75) is 17.5 Å². The molecular weight excluding hydrogens is 340 g/mol. The first-order chi connectivity index (χ1) is 12.0. The molecule has 8 heteroatoms. The summed E-state index contributed by atoms with van der Waals surface area (Å²) >= 11 is 1.20. The zero-order valence-electron chi connectivity index (χ0n) is 13.2. The van der Waals surface area contributed by atoms with Gasteiger partial charge in [0.15, 0.2) is 10.6 Å². The van der Waals surface area contributed by atoms with Crippen LogP contribution in [0.2, 0.25) is 0 Å². The van der Waals surface area contributed by atoms with Gasteiger partial charge in [-0.2, -0.15) is 0 Å². The summed E-state index contributed by atoms with van der Waals surface area (Å²) in [6, 6.07) is 4.99. The summed E-state index contributed by atoms with van der Waals surface area (Å²) in [4.78, 5) is 19.1. The van der Waals surface area contributed by atoms with E-state index in [1.54, 1.807) is 47.4 Å². The SMILES string of the molecule is NC(=O)c1cccc(-c2nccn3ccnc23)c1C1(O)SCCC1O.